The van der Waals surface area contributed by atoms with Crippen molar-refractivity contribution in [2.45, 2.75) is 41.0 Å². The summed E-state index contributed by atoms with van der Waals surface area (Å²) in [5.41, 5.74) is 1.64. The highest BCUT2D eigenvalue weighted by molar-refractivity contribution is 5.23. The Bertz CT molecular complexity index is 248. The van der Waals surface area contributed by atoms with Crippen LogP contribution in [0.5, 0.6) is 0 Å². The minimum Gasteiger partial charge on any atom is -0.0988 e. The van der Waals surface area contributed by atoms with Crippen molar-refractivity contribution < 1.29 is 0 Å². The van der Waals surface area contributed by atoms with Gasteiger partial charge in [-0.05, 0) is 18.4 Å². The largest absolute Gasteiger partial charge is 0.0988 e. The van der Waals surface area contributed by atoms with E-state index in [2.05, 4.69) is 52.5 Å². The molecule has 0 nitrogen and oxygen atoms in total. The maximum atomic E-state index is 2.99. The van der Waals surface area contributed by atoms with Crippen LogP contribution in [0.1, 0.15) is 41.0 Å². The molecule has 0 heterocycles. The fourth-order valence-electron chi connectivity index (χ4n) is 0.652. The predicted molar refractivity (Wildman–Crippen MR) is 60.4 cm³/mol. The molecule has 0 saturated heterocycles. The highest BCUT2D eigenvalue weighted by Gasteiger charge is 2.10. The van der Waals surface area contributed by atoms with Gasteiger partial charge in [0.25, 0.3) is 0 Å². The van der Waals surface area contributed by atoms with Crippen LogP contribution in [0.3, 0.4) is 0 Å². The maximum Gasteiger partial charge on any atom is 0.00637 e. The van der Waals surface area contributed by atoms with Gasteiger partial charge in [-0.25, -0.2) is 0 Å². The second-order valence-electron chi connectivity index (χ2n) is 4.13. The van der Waals surface area contributed by atoms with Crippen LogP contribution in [0.25, 0.3) is 0 Å². The van der Waals surface area contributed by atoms with Crippen molar-refractivity contribution in [1.82, 2.24) is 0 Å². The molecule has 0 aliphatic heterocycles. The van der Waals surface area contributed by atoms with E-state index in [1.165, 1.54) is 5.57 Å². The lowest BCUT2D eigenvalue weighted by Crippen LogP contribution is -2.05. The van der Waals surface area contributed by atoms with Crippen molar-refractivity contribution in [3.8, 4) is 11.8 Å². The fraction of sp³-hybridized carbons (Fsp3) is 0.538. The zero-order valence-electron chi connectivity index (χ0n) is 9.44. The van der Waals surface area contributed by atoms with Crippen LogP contribution < -0.4 is 0 Å². The summed E-state index contributed by atoms with van der Waals surface area (Å²) in [5, 5.41) is 0. The van der Waals surface area contributed by atoms with Gasteiger partial charge in [0.2, 0.25) is 0 Å². The molecule has 0 aliphatic carbocycles. The van der Waals surface area contributed by atoms with E-state index >= 15 is 0 Å². The molecule has 0 radical (unpaired) electrons. The van der Waals surface area contributed by atoms with E-state index in [0.717, 1.165) is 6.42 Å². The molecule has 0 spiro atoms. The SMILES string of the molecule is CCC#CC=CC=C(C)C(C)(C)C. The summed E-state index contributed by atoms with van der Waals surface area (Å²) in [6.07, 6.45) is 6.97. The third-order valence-electron chi connectivity index (χ3n) is 1.99. The Morgan fingerprint density at radius 3 is 2.38 bits per heavy atom. The molecule has 0 unspecified atom stereocenters. The van der Waals surface area contributed by atoms with Gasteiger partial charge in [-0.15, -0.1) is 0 Å². The maximum absolute atomic E-state index is 2.99. The topological polar surface area (TPSA) is 0 Å². The first-order valence-electron chi connectivity index (χ1n) is 4.80. The van der Waals surface area contributed by atoms with Crippen molar-refractivity contribution in [3.63, 3.8) is 0 Å². The van der Waals surface area contributed by atoms with Crippen LogP contribution in [-0.2, 0) is 0 Å². The van der Waals surface area contributed by atoms with Crippen LogP contribution in [0.2, 0.25) is 0 Å². The van der Waals surface area contributed by atoms with Gasteiger partial charge < -0.3 is 0 Å². The van der Waals surface area contributed by atoms with E-state index in [1.54, 1.807) is 0 Å². The summed E-state index contributed by atoms with van der Waals surface area (Å²) >= 11 is 0. The van der Waals surface area contributed by atoms with Crippen LogP contribution >= 0.6 is 0 Å². The van der Waals surface area contributed by atoms with Crippen LogP contribution in [0.4, 0.5) is 0 Å². The highest BCUT2D eigenvalue weighted by Crippen LogP contribution is 2.23. The first kappa shape index (κ1) is 12.0. The van der Waals surface area contributed by atoms with Gasteiger partial charge >= 0.3 is 0 Å². The summed E-state index contributed by atoms with van der Waals surface area (Å²) in [4.78, 5) is 0. The highest BCUT2D eigenvalue weighted by atomic mass is 14.2. The Labute approximate surface area is 82.7 Å². The van der Waals surface area contributed by atoms with Crippen molar-refractivity contribution in [2.75, 3.05) is 0 Å². The Kier molecular flexibility index (Phi) is 5.23. The number of hydrogen-bond acceptors (Lipinski definition) is 0. The third-order valence-corrected chi connectivity index (χ3v) is 1.99. The van der Waals surface area contributed by atoms with E-state index < -0.39 is 0 Å². The van der Waals surface area contributed by atoms with Crippen LogP contribution in [-0.4, -0.2) is 0 Å². The first-order valence-corrected chi connectivity index (χ1v) is 4.80. The lowest BCUT2D eigenvalue weighted by Gasteiger charge is -2.18. The molecular weight excluding hydrogens is 156 g/mol. The first-order chi connectivity index (χ1) is 5.98. The average Bonchev–Trinajstić information content (AvgIpc) is 2.02. The predicted octanol–water partition coefficient (Wildman–Crippen LogP) is 3.95. The van der Waals surface area contributed by atoms with E-state index in [-0.39, 0.29) is 5.41 Å². The molecule has 0 heteroatoms. The quantitative estimate of drug-likeness (QED) is 0.419. The summed E-state index contributed by atoms with van der Waals surface area (Å²) in [7, 11) is 0. The zero-order valence-corrected chi connectivity index (χ0v) is 9.44. The van der Waals surface area contributed by atoms with Gasteiger partial charge in [0, 0.05) is 6.42 Å². The molecule has 0 amide bonds. The van der Waals surface area contributed by atoms with Crippen molar-refractivity contribution >= 4 is 0 Å². The normalized spacial score (nSPS) is 12.8. The molecule has 0 saturated carbocycles. The third kappa shape index (κ3) is 6.22. The fourth-order valence-corrected chi connectivity index (χ4v) is 0.652. The number of hydrogen-bond donors (Lipinski definition) is 0. The van der Waals surface area contributed by atoms with Gasteiger partial charge in [-0.3, -0.25) is 0 Å². The molecule has 0 rings (SSSR count). The minimum atomic E-state index is 0.266. The number of rotatable bonds is 1. The zero-order chi connectivity index (χ0) is 10.3. The lowest BCUT2D eigenvalue weighted by molar-refractivity contribution is 0.504. The Morgan fingerprint density at radius 2 is 1.92 bits per heavy atom. The lowest BCUT2D eigenvalue weighted by atomic mass is 9.87. The molecule has 0 N–H and O–H groups in total. The van der Waals surface area contributed by atoms with Crippen LogP contribution in [0, 0.1) is 17.3 Å². The van der Waals surface area contributed by atoms with Gasteiger partial charge in [0.05, 0.1) is 0 Å². The molecule has 0 aliphatic rings. The van der Waals surface area contributed by atoms with E-state index in [0.29, 0.717) is 0 Å². The van der Waals surface area contributed by atoms with Gasteiger partial charge in [-0.1, -0.05) is 57.3 Å². The molecular formula is C13H20. The van der Waals surface area contributed by atoms with E-state index in [4.69, 9.17) is 0 Å². The Hall–Kier alpha value is -0.960. The summed E-state index contributed by atoms with van der Waals surface area (Å²) in [5.74, 6) is 5.96. The minimum absolute atomic E-state index is 0.266. The van der Waals surface area contributed by atoms with E-state index in [9.17, 15) is 0 Å². The summed E-state index contributed by atoms with van der Waals surface area (Å²) < 4.78 is 0. The van der Waals surface area contributed by atoms with Crippen molar-refractivity contribution in [3.05, 3.63) is 23.8 Å². The second-order valence-corrected chi connectivity index (χ2v) is 4.13. The van der Waals surface area contributed by atoms with Crippen molar-refractivity contribution in [2.24, 2.45) is 5.41 Å². The summed E-state index contributed by atoms with van der Waals surface area (Å²) in [6, 6.07) is 0. The standard InChI is InChI=1S/C13H20/c1-6-7-8-9-10-11-12(2)13(3,4)5/h9-11H,6H2,1-5H3. The average molecular weight is 176 g/mol. The Balaban J connectivity index is 4.20. The number of allylic oxidation sites excluding steroid dienone is 4. The molecule has 72 valence electrons. The smallest absolute Gasteiger partial charge is 0.00637 e. The summed E-state index contributed by atoms with van der Waals surface area (Å²) in [6.45, 7) is 10.8. The van der Waals surface area contributed by atoms with E-state index in [1.807, 2.05) is 12.2 Å². The van der Waals surface area contributed by atoms with Crippen molar-refractivity contribution in [1.29, 1.82) is 0 Å². The monoisotopic (exact) mass is 176 g/mol. The Morgan fingerprint density at radius 1 is 1.31 bits per heavy atom. The molecule has 0 fully saturated rings. The molecule has 0 aromatic carbocycles. The van der Waals surface area contributed by atoms with Crippen LogP contribution in [0.15, 0.2) is 23.8 Å². The van der Waals surface area contributed by atoms with Gasteiger partial charge in [0.1, 0.15) is 0 Å². The van der Waals surface area contributed by atoms with Gasteiger partial charge in [0.15, 0.2) is 0 Å². The molecule has 0 aromatic rings. The molecule has 0 aromatic heterocycles. The molecule has 0 bridgehead atoms. The molecule has 13 heavy (non-hydrogen) atoms. The second kappa shape index (κ2) is 5.65. The van der Waals surface area contributed by atoms with Gasteiger partial charge in [-0.2, -0.15) is 0 Å². The molecule has 0 atom stereocenters.